The molecule has 0 aromatic heterocycles. The highest BCUT2D eigenvalue weighted by Gasteiger charge is 2.29. The molecule has 0 bridgehead atoms. The van der Waals surface area contributed by atoms with Crippen molar-refractivity contribution in [2.75, 3.05) is 19.0 Å². The molecule has 1 rings (SSSR count). The Kier molecular flexibility index (Phi) is 8.92. The van der Waals surface area contributed by atoms with Crippen LogP contribution in [0, 0.1) is 5.92 Å². The van der Waals surface area contributed by atoms with Gasteiger partial charge in [0.1, 0.15) is 0 Å². The molecule has 0 aliphatic heterocycles. The first-order valence-electron chi connectivity index (χ1n) is 7.06. The minimum absolute atomic E-state index is 0. The largest absolute Gasteiger partial charge is 0.493 e. The van der Waals surface area contributed by atoms with Crippen molar-refractivity contribution in [1.29, 1.82) is 0 Å². The smallest absolute Gasteiger partial charge is 0.422 e. The molecule has 0 aliphatic carbocycles. The first kappa shape index (κ1) is 22.3. The van der Waals surface area contributed by atoms with Gasteiger partial charge in [0.25, 0.3) is 0 Å². The average Bonchev–Trinajstić information content (AvgIpc) is 2.43. The predicted molar refractivity (Wildman–Crippen MR) is 87.9 cm³/mol. The molecule has 0 saturated heterocycles. The maximum Gasteiger partial charge on any atom is 0.422 e. The van der Waals surface area contributed by atoms with Crippen molar-refractivity contribution in [3.05, 3.63) is 18.2 Å². The number of hydrogen-bond donors (Lipinski definition) is 2. The van der Waals surface area contributed by atoms with Crippen molar-refractivity contribution in [2.24, 2.45) is 11.7 Å². The van der Waals surface area contributed by atoms with Gasteiger partial charge in [0, 0.05) is 11.8 Å². The Morgan fingerprint density at radius 1 is 1.29 bits per heavy atom. The van der Waals surface area contributed by atoms with Crippen LogP contribution in [0.2, 0.25) is 0 Å². The fourth-order valence-corrected chi connectivity index (χ4v) is 1.88. The second kappa shape index (κ2) is 9.58. The number of alkyl halides is 3. The van der Waals surface area contributed by atoms with Crippen molar-refractivity contribution in [3.63, 3.8) is 0 Å². The molecule has 1 aromatic carbocycles. The predicted octanol–water partition coefficient (Wildman–Crippen LogP) is 3.37. The lowest BCUT2D eigenvalue weighted by atomic mass is 10.0. The number of carbonyl (C=O) groups is 1. The monoisotopic (exact) mass is 370 g/mol. The van der Waals surface area contributed by atoms with Gasteiger partial charge in [0.05, 0.1) is 13.2 Å². The Bertz CT molecular complexity index is 539. The molecule has 0 saturated carbocycles. The molecule has 1 aromatic rings. The quantitative estimate of drug-likeness (QED) is 0.771. The van der Waals surface area contributed by atoms with Crippen LogP contribution in [0.25, 0.3) is 0 Å². The second-order valence-corrected chi connectivity index (χ2v) is 5.49. The van der Waals surface area contributed by atoms with Gasteiger partial charge in [0.2, 0.25) is 5.91 Å². The molecule has 0 heterocycles. The standard InChI is InChI=1S/C15H21F3N2O3.ClH/c1-9(2)6-11(19)14(21)20-10-4-5-12(22-3)13(7-10)23-8-15(16,17)18;/h4-5,7,9,11H,6,8,19H2,1-3H3,(H,20,21);1H/t11-;/m0./s1. The number of amides is 1. The summed E-state index contributed by atoms with van der Waals surface area (Å²) >= 11 is 0. The molecule has 0 radical (unpaired) electrons. The summed E-state index contributed by atoms with van der Waals surface area (Å²) in [4.78, 5) is 11.9. The van der Waals surface area contributed by atoms with Crippen LogP contribution in [0.1, 0.15) is 20.3 Å². The van der Waals surface area contributed by atoms with Gasteiger partial charge in [-0.05, 0) is 24.5 Å². The molecule has 138 valence electrons. The lowest BCUT2D eigenvalue weighted by Crippen LogP contribution is -2.36. The van der Waals surface area contributed by atoms with Crippen molar-refractivity contribution in [3.8, 4) is 11.5 Å². The number of benzene rings is 1. The number of methoxy groups -OCH3 is 1. The Balaban J connectivity index is 0.00000529. The molecule has 0 fully saturated rings. The minimum Gasteiger partial charge on any atom is -0.493 e. The van der Waals surface area contributed by atoms with E-state index in [1.165, 1.54) is 25.3 Å². The van der Waals surface area contributed by atoms with Crippen LogP contribution in [-0.4, -0.2) is 31.8 Å². The Morgan fingerprint density at radius 3 is 2.42 bits per heavy atom. The van der Waals surface area contributed by atoms with E-state index in [9.17, 15) is 18.0 Å². The normalized spacial score (nSPS) is 12.3. The molecule has 0 unspecified atom stereocenters. The van der Waals surface area contributed by atoms with Crippen LogP contribution in [0.5, 0.6) is 11.5 Å². The molecule has 9 heteroatoms. The highest BCUT2D eigenvalue weighted by atomic mass is 35.5. The van der Waals surface area contributed by atoms with Crippen LogP contribution in [0.3, 0.4) is 0 Å². The summed E-state index contributed by atoms with van der Waals surface area (Å²) in [5, 5.41) is 2.56. The fraction of sp³-hybridized carbons (Fsp3) is 0.533. The zero-order chi connectivity index (χ0) is 17.6. The summed E-state index contributed by atoms with van der Waals surface area (Å²) in [5.41, 5.74) is 6.04. The Hall–Kier alpha value is -1.67. The molecule has 0 aliphatic rings. The van der Waals surface area contributed by atoms with Gasteiger partial charge in [-0.1, -0.05) is 13.8 Å². The van der Waals surface area contributed by atoms with E-state index in [2.05, 4.69) is 5.32 Å². The van der Waals surface area contributed by atoms with Crippen molar-refractivity contribution < 1.29 is 27.4 Å². The Morgan fingerprint density at radius 2 is 1.92 bits per heavy atom. The van der Waals surface area contributed by atoms with E-state index in [1.54, 1.807) is 0 Å². The lowest BCUT2D eigenvalue weighted by molar-refractivity contribution is -0.153. The zero-order valence-electron chi connectivity index (χ0n) is 13.6. The van der Waals surface area contributed by atoms with Crippen LogP contribution in [0.4, 0.5) is 18.9 Å². The first-order valence-corrected chi connectivity index (χ1v) is 7.06. The maximum absolute atomic E-state index is 12.3. The van der Waals surface area contributed by atoms with Crippen LogP contribution >= 0.6 is 12.4 Å². The molecule has 1 atom stereocenters. The number of hydrogen-bond acceptors (Lipinski definition) is 4. The van der Waals surface area contributed by atoms with Gasteiger partial charge in [-0.2, -0.15) is 13.2 Å². The van der Waals surface area contributed by atoms with E-state index < -0.39 is 24.7 Å². The fourth-order valence-electron chi connectivity index (χ4n) is 1.88. The van der Waals surface area contributed by atoms with Gasteiger partial charge in [-0.15, -0.1) is 12.4 Å². The van der Waals surface area contributed by atoms with Crippen LogP contribution in [0.15, 0.2) is 18.2 Å². The van der Waals surface area contributed by atoms with E-state index in [-0.39, 0.29) is 35.5 Å². The third-order valence-corrected chi connectivity index (χ3v) is 2.88. The third kappa shape index (κ3) is 7.74. The number of ether oxygens (including phenoxy) is 2. The van der Waals surface area contributed by atoms with E-state index in [1.807, 2.05) is 13.8 Å². The highest BCUT2D eigenvalue weighted by Crippen LogP contribution is 2.31. The summed E-state index contributed by atoms with van der Waals surface area (Å²) < 4.78 is 46.4. The molecule has 0 spiro atoms. The van der Waals surface area contributed by atoms with Gasteiger partial charge in [0.15, 0.2) is 18.1 Å². The summed E-state index contributed by atoms with van der Waals surface area (Å²) in [6.45, 7) is 2.42. The van der Waals surface area contributed by atoms with Crippen molar-refractivity contribution in [1.82, 2.24) is 0 Å². The molecule has 24 heavy (non-hydrogen) atoms. The average molecular weight is 371 g/mol. The number of nitrogens with one attached hydrogen (secondary N) is 1. The molecule has 1 amide bonds. The number of carbonyl (C=O) groups excluding carboxylic acids is 1. The van der Waals surface area contributed by atoms with E-state index in [0.717, 1.165) is 0 Å². The SMILES string of the molecule is COc1ccc(NC(=O)[C@@H](N)CC(C)C)cc1OCC(F)(F)F.Cl. The van der Waals surface area contributed by atoms with Gasteiger partial charge < -0.3 is 20.5 Å². The van der Waals surface area contributed by atoms with Gasteiger partial charge in [-0.3, -0.25) is 4.79 Å². The molecular weight excluding hydrogens is 349 g/mol. The number of anilines is 1. The van der Waals surface area contributed by atoms with Crippen molar-refractivity contribution >= 4 is 24.0 Å². The van der Waals surface area contributed by atoms with Gasteiger partial charge in [-0.25, -0.2) is 0 Å². The minimum atomic E-state index is -4.47. The van der Waals surface area contributed by atoms with Crippen molar-refractivity contribution in [2.45, 2.75) is 32.5 Å². The van der Waals surface area contributed by atoms with E-state index in [0.29, 0.717) is 6.42 Å². The second-order valence-electron chi connectivity index (χ2n) is 5.49. The van der Waals surface area contributed by atoms with Gasteiger partial charge >= 0.3 is 6.18 Å². The van der Waals surface area contributed by atoms with E-state index >= 15 is 0 Å². The summed E-state index contributed by atoms with van der Waals surface area (Å²) in [6, 6.07) is 3.48. The van der Waals surface area contributed by atoms with Crippen LogP contribution < -0.4 is 20.5 Å². The Labute approximate surface area is 145 Å². The highest BCUT2D eigenvalue weighted by molar-refractivity contribution is 5.94. The topological polar surface area (TPSA) is 73.6 Å². The number of rotatable bonds is 7. The van der Waals surface area contributed by atoms with E-state index in [4.69, 9.17) is 15.2 Å². The van der Waals surface area contributed by atoms with Crippen LogP contribution in [-0.2, 0) is 4.79 Å². The first-order chi connectivity index (χ1) is 10.6. The molecule has 5 nitrogen and oxygen atoms in total. The number of halogens is 4. The maximum atomic E-state index is 12.3. The zero-order valence-corrected chi connectivity index (χ0v) is 14.5. The third-order valence-electron chi connectivity index (χ3n) is 2.88. The molecular formula is C15H22ClF3N2O3. The summed E-state index contributed by atoms with van der Waals surface area (Å²) in [6.07, 6.45) is -3.97. The molecule has 3 N–H and O–H groups in total. The number of nitrogens with two attached hydrogens (primary N) is 1. The summed E-state index contributed by atoms with van der Waals surface area (Å²) in [7, 11) is 1.31. The lowest BCUT2D eigenvalue weighted by Gasteiger charge is -2.16. The summed E-state index contributed by atoms with van der Waals surface area (Å²) in [5.74, 6) is -0.137.